The lowest BCUT2D eigenvalue weighted by atomic mass is 10.1. The summed E-state index contributed by atoms with van der Waals surface area (Å²) < 4.78 is 1.11. The van der Waals surface area contributed by atoms with E-state index >= 15 is 0 Å². The molecule has 0 spiro atoms. The van der Waals surface area contributed by atoms with Gasteiger partial charge in [0.15, 0.2) is 0 Å². The van der Waals surface area contributed by atoms with E-state index in [1.54, 1.807) is 0 Å². The smallest absolute Gasteiger partial charge is 0.0461 e. The molecule has 0 aliphatic heterocycles. The van der Waals surface area contributed by atoms with Crippen LogP contribution in [-0.2, 0) is 13.0 Å². The molecule has 0 aromatic heterocycles. The maximum atomic E-state index is 8.57. The molecule has 2 nitrogen and oxygen atoms in total. The van der Waals surface area contributed by atoms with Gasteiger partial charge >= 0.3 is 0 Å². The average Bonchev–Trinajstić information content (AvgIpc) is 2.05. The van der Waals surface area contributed by atoms with Gasteiger partial charge in [-0.25, -0.2) is 5.48 Å². The molecule has 1 aromatic rings. The van der Waals surface area contributed by atoms with Crippen LogP contribution in [0.4, 0.5) is 0 Å². The second kappa shape index (κ2) is 4.60. The second-order valence-electron chi connectivity index (χ2n) is 2.57. The molecule has 0 saturated heterocycles. The Labute approximate surface area is 80.7 Å². The third kappa shape index (κ3) is 2.06. The highest BCUT2D eigenvalue weighted by molar-refractivity contribution is 9.10. The number of halogens is 1. The van der Waals surface area contributed by atoms with E-state index in [2.05, 4.69) is 28.3 Å². The molecule has 66 valence electrons. The summed E-state index contributed by atoms with van der Waals surface area (Å²) in [6.07, 6.45) is 0.971. The van der Waals surface area contributed by atoms with Crippen LogP contribution in [0.1, 0.15) is 18.1 Å². The Morgan fingerprint density at radius 1 is 1.50 bits per heavy atom. The van der Waals surface area contributed by atoms with Crippen LogP contribution in [0.15, 0.2) is 22.7 Å². The summed E-state index contributed by atoms with van der Waals surface area (Å²) >= 11 is 3.47. The van der Waals surface area contributed by atoms with Gasteiger partial charge in [0.1, 0.15) is 0 Å². The van der Waals surface area contributed by atoms with Crippen LogP contribution in [0.25, 0.3) is 0 Å². The number of benzene rings is 1. The highest BCUT2D eigenvalue weighted by Gasteiger charge is 2.02. The minimum atomic E-state index is 0.503. The highest BCUT2D eigenvalue weighted by Crippen LogP contribution is 2.20. The van der Waals surface area contributed by atoms with Gasteiger partial charge in [0.2, 0.25) is 0 Å². The van der Waals surface area contributed by atoms with Crippen LogP contribution in [0.3, 0.4) is 0 Å². The summed E-state index contributed by atoms with van der Waals surface area (Å²) in [5.74, 6) is 0. The van der Waals surface area contributed by atoms with E-state index in [0.29, 0.717) is 6.54 Å². The van der Waals surface area contributed by atoms with Gasteiger partial charge in [-0.1, -0.05) is 35.0 Å². The lowest BCUT2D eigenvalue weighted by Crippen LogP contribution is -2.08. The first-order chi connectivity index (χ1) is 5.79. The van der Waals surface area contributed by atoms with E-state index in [1.165, 1.54) is 5.56 Å². The van der Waals surface area contributed by atoms with Gasteiger partial charge in [0.25, 0.3) is 0 Å². The van der Waals surface area contributed by atoms with Gasteiger partial charge in [-0.05, 0) is 23.6 Å². The fourth-order valence-electron chi connectivity index (χ4n) is 1.25. The molecule has 0 amide bonds. The van der Waals surface area contributed by atoms with Crippen LogP contribution in [-0.4, -0.2) is 5.21 Å². The first-order valence-corrected chi connectivity index (χ1v) is 4.72. The van der Waals surface area contributed by atoms with Crippen molar-refractivity contribution in [3.05, 3.63) is 33.8 Å². The van der Waals surface area contributed by atoms with Gasteiger partial charge in [0, 0.05) is 11.0 Å². The van der Waals surface area contributed by atoms with Crippen molar-refractivity contribution in [2.75, 3.05) is 0 Å². The number of hydroxylamine groups is 1. The SMILES string of the molecule is CCc1c(Br)cccc1CNO. The van der Waals surface area contributed by atoms with Crippen LogP contribution >= 0.6 is 15.9 Å². The zero-order valence-corrected chi connectivity index (χ0v) is 8.56. The van der Waals surface area contributed by atoms with Crippen molar-refractivity contribution < 1.29 is 5.21 Å². The predicted molar refractivity (Wildman–Crippen MR) is 52.1 cm³/mol. The van der Waals surface area contributed by atoms with Crippen molar-refractivity contribution in [1.82, 2.24) is 5.48 Å². The number of rotatable bonds is 3. The average molecular weight is 230 g/mol. The number of nitrogens with one attached hydrogen (secondary N) is 1. The third-order valence-corrected chi connectivity index (χ3v) is 2.58. The highest BCUT2D eigenvalue weighted by atomic mass is 79.9. The molecular formula is C9H12BrNO. The Balaban J connectivity index is 3.00. The van der Waals surface area contributed by atoms with Crippen molar-refractivity contribution in [2.24, 2.45) is 0 Å². The van der Waals surface area contributed by atoms with Crippen molar-refractivity contribution in [3.63, 3.8) is 0 Å². The number of hydrogen-bond acceptors (Lipinski definition) is 2. The molecule has 1 rings (SSSR count). The normalized spacial score (nSPS) is 10.2. The van der Waals surface area contributed by atoms with Crippen LogP contribution in [0.5, 0.6) is 0 Å². The molecule has 3 heteroatoms. The number of hydrogen-bond donors (Lipinski definition) is 2. The molecule has 0 unspecified atom stereocenters. The zero-order valence-electron chi connectivity index (χ0n) is 6.97. The topological polar surface area (TPSA) is 32.3 Å². The molecule has 0 bridgehead atoms. The second-order valence-corrected chi connectivity index (χ2v) is 3.42. The van der Waals surface area contributed by atoms with Gasteiger partial charge in [-0.15, -0.1) is 0 Å². The molecule has 12 heavy (non-hydrogen) atoms. The maximum absolute atomic E-state index is 8.57. The summed E-state index contributed by atoms with van der Waals surface area (Å²) in [7, 11) is 0. The van der Waals surface area contributed by atoms with E-state index in [4.69, 9.17) is 5.21 Å². The minimum absolute atomic E-state index is 0.503. The molecule has 0 aliphatic carbocycles. The monoisotopic (exact) mass is 229 g/mol. The zero-order chi connectivity index (χ0) is 8.97. The summed E-state index contributed by atoms with van der Waals surface area (Å²) in [5.41, 5.74) is 4.55. The minimum Gasteiger partial charge on any atom is -0.316 e. The van der Waals surface area contributed by atoms with Crippen molar-refractivity contribution in [3.8, 4) is 0 Å². The standard InChI is InChI=1S/C9H12BrNO/c1-2-8-7(6-11-12)4-3-5-9(8)10/h3-5,11-12H,2,6H2,1H3. The third-order valence-electron chi connectivity index (χ3n) is 1.84. The maximum Gasteiger partial charge on any atom is 0.0461 e. The molecule has 0 aliphatic rings. The molecule has 0 saturated carbocycles. The Kier molecular flexibility index (Phi) is 3.72. The van der Waals surface area contributed by atoms with Crippen molar-refractivity contribution in [1.29, 1.82) is 0 Å². The lowest BCUT2D eigenvalue weighted by molar-refractivity contribution is 0.161. The molecule has 2 N–H and O–H groups in total. The summed E-state index contributed by atoms with van der Waals surface area (Å²) in [6, 6.07) is 5.99. The fraction of sp³-hybridized carbons (Fsp3) is 0.333. The lowest BCUT2D eigenvalue weighted by Gasteiger charge is -2.08. The molecule has 0 radical (unpaired) electrons. The molecule has 0 heterocycles. The summed E-state index contributed by atoms with van der Waals surface area (Å²) in [6.45, 7) is 2.60. The van der Waals surface area contributed by atoms with Gasteiger partial charge < -0.3 is 5.21 Å². The molecule has 0 atom stereocenters. The summed E-state index contributed by atoms with van der Waals surface area (Å²) in [5, 5.41) is 8.57. The Hall–Kier alpha value is -0.380. The van der Waals surface area contributed by atoms with E-state index in [1.807, 2.05) is 18.2 Å². The fourth-order valence-corrected chi connectivity index (χ4v) is 1.94. The van der Waals surface area contributed by atoms with Crippen LogP contribution in [0.2, 0.25) is 0 Å². The Morgan fingerprint density at radius 3 is 2.83 bits per heavy atom. The Morgan fingerprint density at radius 2 is 2.25 bits per heavy atom. The largest absolute Gasteiger partial charge is 0.316 e. The quantitative estimate of drug-likeness (QED) is 0.782. The van der Waals surface area contributed by atoms with E-state index < -0.39 is 0 Å². The van der Waals surface area contributed by atoms with Gasteiger partial charge in [-0.2, -0.15) is 0 Å². The van der Waals surface area contributed by atoms with E-state index in [0.717, 1.165) is 16.5 Å². The van der Waals surface area contributed by atoms with Crippen molar-refractivity contribution in [2.45, 2.75) is 19.9 Å². The molecular weight excluding hydrogens is 218 g/mol. The van der Waals surface area contributed by atoms with Crippen molar-refractivity contribution >= 4 is 15.9 Å². The predicted octanol–water partition coefficient (Wildman–Crippen LogP) is 2.49. The van der Waals surface area contributed by atoms with Gasteiger partial charge in [0.05, 0.1) is 0 Å². The van der Waals surface area contributed by atoms with E-state index in [9.17, 15) is 0 Å². The molecule has 0 fully saturated rings. The summed E-state index contributed by atoms with van der Waals surface area (Å²) in [4.78, 5) is 0. The van der Waals surface area contributed by atoms with E-state index in [-0.39, 0.29) is 0 Å². The molecule has 1 aromatic carbocycles. The first-order valence-electron chi connectivity index (χ1n) is 3.92. The van der Waals surface area contributed by atoms with Crippen LogP contribution < -0.4 is 5.48 Å². The van der Waals surface area contributed by atoms with Gasteiger partial charge in [-0.3, -0.25) is 0 Å². The first kappa shape index (κ1) is 9.71. The van der Waals surface area contributed by atoms with Crippen LogP contribution in [0, 0.1) is 0 Å². The Bertz CT molecular complexity index is 263.